The number of hydrogen-bond donors (Lipinski definition) is 3. The number of aromatic amines is 1. The van der Waals surface area contributed by atoms with Crippen molar-refractivity contribution in [2.45, 2.75) is 12.5 Å². The standard InChI is InChI=1S/C15H15BrN2O4S/c1-23-5-4-12(15(21)22)18-14(20)13(19)10-7-17-11-3-2-8(16)6-9(10)11/h2-3,6-7,12,17H,4-5H2,1H3,(H,18,20)(H,21,22)/t12-/m0/s1. The number of thioether (sulfide) groups is 1. The van der Waals surface area contributed by atoms with Crippen LogP contribution in [0, 0.1) is 0 Å². The summed E-state index contributed by atoms with van der Waals surface area (Å²) in [5, 5.41) is 12.0. The molecule has 8 heteroatoms. The summed E-state index contributed by atoms with van der Waals surface area (Å²) < 4.78 is 0.780. The second kappa shape index (κ2) is 7.65. The van der Waals surface area contributed by atoms with Gasteiger partial charge < -0.3 is 15.4 Å². The van der Waals surface area contributed by atoms with Crippen LogP contribution in [-0.4, -0.2) is 45.8 Å². The number of benzene rings is 1. The van der Waals surface area contributed by atoms with Gasteiger partial charge in [0, 0.05) is 21.6 Å². The molecule has 0 saturated carbocycles. The summed E-state index contributed by atoms with van der Waals surface area (Å²) in [6.07, 6.45) is 3.56. The number of aromatic nitrogens is 1. The van der Waals surface area contributed by atoms with Crippen molar-refractivity contribution >= 4 is 56.3 Å². The first-order valence-corrected chi connectivity index (χ1v) is 8.96. The highest BCUT2D eigenvalue weighted by Gasteiger charge is 2.25. The summed E-state index contributed by atoms with van der Waals surface area (Å²) in [4.78, 5) is 38.5. The third-order valence-electron chi connectivity index (χ3n) is 3.31. The fraction of sp³-hybridized carbons (Fsp3) is 0.267. The number of carbonyl (C=O) groups is 3. The molecule has 3 N–H and O–H groups in total. The van der Waals surface area contributed by atoms with Gasteiger partial charge >= 0.3 is 5.97 Å². The highest BCUT2D eigenvalue weighted by atomic mass is 79.9. The second-order valence-corrected chi connectivity index (χ2v) is 6.77. The van der Waals surface area contributed by atoms with Crippen molar-refractivity contribution in [3.05, 3.63) is 34.4 Å². The average Bonchev–Trinajstić information content (AvgIpc) is 2.92. The van der Waals surface area contributed by atoms with Gasteiger partial charge in [-0.2, -0.15) is 11.8 Å². The predicted octanol–water partition coefficient (Wildman–Crippen LogP) is 2.44. The summed E-state index contributed by atoms with van der Waals surface area (Å²) in [6, 6.07) is 4.26. The minimum atomic E-state index is -1.15. The average molecular weight is 399 g/mol. The van der Waals surface area contributed by atoms with Gasteiger partial charge in [0.05, 0.1) is 5.56 Å². The van der Waals surface area contributed by atoms with Gasteiger partial charge in [-0.1, -0.05) is 15.9 Å². The van der Waals surface area contributed by atoms with E-state index < -0.39 is 23.7 Å². The lowest BCUT2D eigenvalue weighted by molar-refractivity contribution is -0.141. The van der Waals surface area contributed by atoms with Crippen LogP contribution >= 0.6 is 27.7 Å². The predicted molar refractivity (Wildman–Crippen MR) is 92.9 cm³/mol. The van der Waals surface area contributed by atoms with E-state index in [-0.39, 0.29) is 12.0 Å². The second-order valence-electron chi connectivity index (χ2n) is 4.87. The Hall–Kier alpha value is -1.80. The number of halogens is 1. The van der Waals surface area contributed by atoms with Gasteiger partial charge in [-0.05, 0) is 36.6 Å². The van der Waals surface area contributed by atoms with Crippen LogP contribution < -0.4 is 5.32 Å². The van der Waals surface area contributed by atoms with E-state index in [2.05, 4.69) is 26.2 Å². The highest BCUT2D eigenvalue weighted by Crippen LogP contribution is 2.23. The van der Waals surface area contributed by atoms with E-state index in [4.69, 9.17) is 5.11 Å². The van der Waals surface area contributed by atoms with E-state index in [1.54, 1.807) is 12.1 Å². The van der Waals surface area contributed by atoms with E-state index in [1.807, 2.05) is 12.3 Å². The molecule has 1 aromatic heterocycles. The molecule has 0 spiro atoms. The maximum absolute atomic E-state index is 12.3. The third kappa shape index (κ3) is 4.14. The normalized spacial score (nSPS) is 12.1. The van der Waals surface area contributed by atoms with Crippen molar-refractivity contribution in [1.82, 2.24) is 10.3 Å². The summed E-state index contributed by atoms with van der Waals surface area (Å²) >= 11 is 4.79. The van der Waals surface area contributed by atoms with Crippen LogP contribution in [0.1, 0.15) is 16.8 Å². The molecule has 0 aliphatic carbocycles. The van der Waals surface area contributed by atoms with Gasteiger partial charge in [0.2, 0.25) is 0 Å². The van der Waals surface area contributed by atoms with E-state index in [0.717, 1.165) is 9.99 Å². The van der Waals surface area contributed by atoms with Gasteiger partial charge in [-0.25, -0.2) is 4.79 Å². The molecular weight excluding hydrogens is 384 g/mol. The number of carboxylic acids is 1. The molecule has 6 nitrogen and oxygen atoms in total. The molecule has 23 heavy (non-hydrogen) atoms. The van der Waals surface area contributed by atoms with Crippen molar-refractivity contribution < 1.29 is 19.5 Å². The van der Waals surface area contributed by atoms with Crippen LogP contribution in [0.4, 0.5) is 0 Å². The fourth-order valence-electron chi connectivity index (χ4n) is 2.12. The quantitative estimate of drug-likeness (QED) is 0.491. The molecule has 122 valence electrons. The molecule has 0 unspecified atom stereocenters. The molecule has 0 fully saturated rings. The zero-order valence-electron chi connectivity index (χ0n) is 12.3. The summed E-state index contributed by atoms with van der Waals surface area (Å²) in [5.41, 5.74) is 0.939. The Labute approximate surface area is 145 Å². The molecule has 1 aromatic carbocycles. The third-order valence-corrected chi connectivity index (χ3v) is 4.45. The molecule has 0 aliphatic rings. The minimum Gasteiger partial charge on any atom is -0.480 e. The first kappa shape index (κ1) is 17.6. The van der Waals surface area contributed by atoms with E-state index in [0.29, 0.717) is 11.1 Å². The SMILES string of the molecule is CSCC[C@H](NC(=O)C(=O)c1c[nH]c2ccc(Br)cc12)C(=O)O. The number of Topliss-reactive ketones (excluding diaryl/α,β-unsaturated/α-hetero) is 1. The summed E-state index contributed by atoms with van der Waals surface area (Å²) in [5.74, 6) is -2.25. The van der Waals surface area contributed by atoms with Crippen LogP contribution in [-0.2, 0) is 9.59 Å². The number of ketones is 1. The zero-order valence-corrected chi connectivity index (χ0v) is 14.7. The monoisotopic (exact) mass is 398 g/mol. The number of H-pyrrole nitrogens is 1. The maximum atomic E-state index is 12.3. The highest BCUT2D eigenvalue weighted by molar-refractivity contribution is 9.10. The van der Waals surface area contributed by atoms with E-state index >= 15 is 0 Å². The number of amides is 1. The maximum Gasteiger partial charge on any atom is 0.326 e. The van der Waals surface area contributed by atoms with Crippen LogP contribution in [0.25, 0.3) is 10.9 Å². The molecule has 1 amide bonds. The Balaban J connectivity index is 2.19. The number of rotatable bonds is 7. The molecule has 0 radical (unpaired) electrons. The lowest BCUT2D eigenvalue weighted by Gasteiger charge is -2.13. The summed E-state index contributed by atoms with van der Waals surface area (Å²) in [6.45, 7) is 0. The number of nitrogens with one attached hydrogen (secondary N) is 2. The van der Waals surface area contributed by atoms with Crippen molar-refractivity contribution in [1.29, 1.82) is 0 Å². The van der Waals surface area contributed by atoms with Gasteiger partial charge in [0.15, 0.2) is 0 Å². The molecule has 0 saturated heterocycles. The van der Waals surface area contributed by atoms with Gasteiger partial charge in [-0.15, -0.1) is 0 Å². The molecule has 0 bridgehead atoms. The van der Waals surface area contributed by atoms with Crippen LogP contribution in [0.5, 0.6) is 0 Å². The first-order valence-electron chi connectivity index (χ1n) is 6.77. The van der Waals surface area contributed by atoms with E-state index in [9.17, 15) is 14.4 Å². The topological polar surface area (TPSA) is 99.3 Å². The molecule has 2 aromatic rings. The van der Waals surface area contributed by atoms with Crippen LogP contribution in [0.2, 0.25) is 0 Å². The first-order chi connectivity index (χ1) is 10.9. The van der Waals surface area contributed by atoms with Crippen molar-refractivity contribution in [3.63, 3.8) is 0 Å². The van der Waals surface area contributed by atoms with Gasteiger partial charge in [0.25, 0.3) is 11.7 Å². The fourth-order valence-corrected chi connectivity index (χ4v) is 2.95. The Morgan fingerprint density at radius 2 is 2.13 bits per heavy atom. The number of hydrogen-bond acceptors (Lipinski definition) is 4. The lowest BCUT2D eigenvalue weighted by Crippen LogP contribution is -2.44. The lowest BCUT2D eigenvalue weighted by atomic mass is 10.1. The number of fused-ring (bicyclic) bond motifs is 1. The molecule has 1 heterocycles. The van der Waals surface area contributed by atoms with Crippen LogP contribution in [0.15, 0.2) is 28.9 Å². The molecular formula is C15H15BrN2O4S. The molecule has 0 aliphatic heterocycles. The smallest absolute Gasteiger partial charge is 0.326 e. The number of carbonyl (C=O) groups excluding carboxylic acids is 2. The zero-order chi connectivity index (χ0) is 17.0. The van der Waals surface area contributed by atoms with E-state index in [1.165, 1.54) is 18.0 Å². The molecule has 1 atom stereocenters. The largest absolute Gasteiger partial charge is 0.480 e. The number of aliphatic carboxylic acids is 1. The number of carboxylic acid groups (broad SMARTS) is 1. The summed E-state index contributed by atoms with van der Waals surface area (Å²) in [7, 11) is 0. The molecule has 2 rings (SSSR count). The van der Waals surface area contributed by atoms with Crippen molar-refractivity contribution in [3.8, 4) is 0 Å². The van der Waals surface area contributed by atoms with Crippen molar-refractivity contribution in [2.24, 2.45) is 0 Å². The van der Waals surface area contributed by atoms with Gasteiger partial charge in [0.1, 0.15) is 6.04 Å². The Morgan fingerprint density at radius 3 is 2.78 bits per heavy atom. The van der Waals surface area contributed by atoms with Crippen LogP contribution in [0.3, 0.4) is 0 Å². The Morgan fingerprint density at radius 1 is 1.39 bits per heavy atom. The van der Waals surface area contributed by atoms with Crippen molar-refractivity contribution in [2.75, 3.05) is 12.0 Å². The Bertz CT molecular complexity index is 759. The minimum absolute atomic E-state index is 0.216. The Kier molecular flexibility index (Phi) is 5.84. The van der Waals surface area contributed by atoms with Gasteiger partial charge in [-0.3, -0.25) is 9.59 Å².